The van der Waals surface area contributed by atoms with Gasteiger partial charge in [-0.3, -0.25) is 0 Å². The third kappa shape index (κ3) is 17.6. The van der Waals surface area contributed by atoms with Crippen molar-refractivity contribution in [2.75, 3.05) is 13.2 Å². The number of carbonyl (C=O) groups excluding carboxylic acids is 2. The van der Waals surface area contributed by atoms with E-state index in [4.69, 9.17) is 9.47 Å². The molecule has 0 saturated heterocycles. The molecule has 0 radical (unpaired) electrons. The van der Waals surface area contributed by atoms with Crippen molar-refractivity contribution in [2.45, 2.75) is 142 Å². The number of hydrogen-bond donors (Lipinski definition) is 0. The smallest absolute Gasteiger partial charge is 0.338 e. The molecule has 206 valence electrons. The Balaban J connectivity index is 2.04. The quantitative estimate of drug-likeness (QED) is 0.104. The molecule has 0 aliphatic heterocycles. The minimum Gasteiger partial charge on any atom is -0.462 e. The second kappa shape index (κ2) is 23.6. The predicted octanol–water partition coefficient (Wildman–Crippen LogP) is 9.84. The molecule has 0 bridgehead atoms. The summed E-state index contributed by atoms with van der Waals surface area (Å²) in [5.74, 6) is -0.646. The van der Waals surface area contributed by atoms with Crippen LogP contribution in [0.15, 0.2) is 24.3 Å². The van der Waals surface area contributed by atoms with Gasteiger partial charge in [0.25, 0.3) is 0 Å². The Hall–Kier alpha value is -1.84. The Morgan fingerprint density at radius 1 is 0.444 bits per heavy atom. The van der Waals surface area contributed by atoms with E-state index in [2.05, 4.69) is 13.8 Å². The highest BCUT2D eigenvalue weighted by molar-refractivity contribution is 5.93. The van der Waals surface area contributed by atoms with Gasteiger partial charge in [-0.25, -0.2) is 9.59 Å². The van der Waals surface area contributed by atoms with Gasteiger partial charge in [0, 0.05) is 0 Å². The summed E-state index contributed by atoms with van der Waals surface area (Å²) in [4.78, 5) is 24.5. The van der Waals surface area contributed by atoms with Crippen LogP contribution in [0.3, 0.4) is 0 Å². The zero-order chi connectivity index (χ0) is 26.1. The zero-order valence-corrected chi connectivity index (χ0v) is 23.5. The van der Waals surface area contributed by atoms with Crippen molar-refractivity contribution < 1.29 is 19.1 Å². The average molecular weight is 503 g/mol. The average Bonchev–Trinajstić information content (AvgIpc) is 2.90. The molecular weight excluding hydrogens is 448 g/mol. The Morgan fingerprint density at radius 2 is 0.694 bits per heavy atom. The van der Waals surface area contributed by atoms with E-state index in [0.29, 0.717) is 24.3 Å². The van der Waals surface area contributed by atoms with Gasteiger partial charge >= 0.3 is 11.9 Å². The number of ether oxygens (including phenoxy) is 2. The summed E-state index contributed by atoms with van der Waals surface area (Å²) in [7, 11) is 0. The van der Waals surface area contributed by atoms with Crippen molar-refractivity contribution in [1.29, 1.82) is 0 Å². The Kier molecular flexibility index (Phi) is 21.1. The summed E-state index contributed by atoms with van der Waals surface area (Å²) in [6.45, 7) is 5.41. The SMILES string of the molecule is CCCCCCCCCCCCOC(=O)c1ccc(C(=O)OCCCCCCCCCCCC)cc1. The van der Waals surface area contributed by atoms with E-state index < -0.39 is 0 Å². The Morgan fingerprint density at radius 3 is 0.972 bits per heavy atom. The normalized spacial score (nSPS) is 10.9. The van der Waals surface area contributed by atoms with Crippen LogP contribution in [-0.4, -0.2) is 25.2 Å². The first-order valence-corrected chi connectivity index (χ1v) is 15.1. The fourth-order valence-electron chi connectivity index (χ4n) is 4.42. The second-order valence-corrected chi connectivity index (χ2v) is 10.2. The summed E-state index contributed by atoms with van der Waals surface area (Å²) in [5.41, 5.74) is 0.960. The standard InChI is InChI=1S/C32H54O4/c1-3-5-7-9-11-13-15-17-19-21-27-35-31(33)29-23-25-30(26-24-29)32(34)36-28-22-20-18-16-14-12-10-8-6-4-2/h23-26H,3-22,27-28H2,1-2H3. The molecule has 0 atom stereocenters. The van der Waals surface area contributed by atoms with E-state index in [1.54, 1.807) is 24.3 Å². The molecule has 0 spiro atoms. The molecule has 0 amide bonds. The van der Waals surface area contributed by atoms with E-state index in [1.165, 1.54) is 103 Å². The molecule has 0 aromatic heterocycles. The van der Waals surface area contributed by atoms with Crippen LogP contribution in [0.5, 0.6) is 0 Å². The summed E-state index contributed by atoms with van der Waals surface area (Å²) in [6.07, 6.45) is 25.1. The highest BCUT2D eigenvalue weighted by Gasteiger charge is 2.11. The van der Waals surface area contributed by atoms with Gasteiger partial charge < -0.3 is 9.47 Å². The van der Waals surface area contributed by atoms with E-state index in [9.17, 15) is 9.59 Å². The third-order valence-corrected chi connectivity index (χ3v) is 6.82. The van der Waals surface area contributed by atoms with Crippen LogP contribution >= 0.6 is 0 Å². The van der Waals surface area contributed by atoms with Gasteiger partial charge in [0.2, 0.25) is 0 Å². The molecular formula is C32H54O4. The van der Waals surface area contributed by atoms with Gasteiger partial charge in [0.15, 0.2) is 0 Å². The highest BCUT2D eigenvalue weighted by Crippen LogP contribution is 2.13. The van der Waals surface area contributed by atoms with Crippen LogP contribution in [0.25, 0.3) is 0 Å². The first-order chi connectivity index (χ1) is 17.7. The third-order valence-electron chi connectivity index (χ3n) is 6.82. The fraction of sp³-hybridized carbons (Fsp3) is 0.750. The number of hydrogen-bond acceptors (Lipinski definition) is 4. The van der Waals surface area contributed by atoms with E-state index in [1.807, 2.05) is 0 Å². The lowest BCUT2D eigenvalue weighted by Crippen LogP contribution is -2.09. The lowest BCUT2D eigenvalue weighted by atomic mass is 10.1. The summed E-state index contributed by atoms with van der Waals surface area (Å²) >= 11 is 0. The first-order valence-electron chi connectivity index (χ1n) is 15.1. The maximum absolute atomic E-state index is 12.2. The zero-order valence-electron chi connectivity index (χ0n) is 23.5. The lowest BCUT2D eigenvalue weighted by Gasteiger charge is -2.07. The van der Waals surface area contributed by atoms with Crippen LogP contribution in [0.4, 0.5) is 0 Å². The molecule has 36 heavy (non-hydrogen) atoms. The largest absolute Gasteiger partial charge is 0.462 e. The molecule has 0 aliphatic carbocycles. The fourth-order valence-corrected chi connectivity index (χ4v) is 4.42. The molecule has 1 aromatic carbocycles. The highest BCUT2D eigenvalue weighted by atomic mass is 16.5. The molecule has 0 saturated carbocycles. The van der Waals surface area contributed by atoms with Crippen LogP contribution in [0, 0.1) is 0 Å². The molecule has 1 aromatic rings. The van der Waals surface area contributed by atoms with Gasteiger partial charge in [-0.15, -0.1) is 0 Å². The van der Waals surface area contributed by atoms with E-state index in [-0.39, 0.29) is 11.9 Å². The molecule has 0 heterocycles. The van der Waals surface area contributed by atoms with Crippen molar-refractivity contribution in [3.05, 3.63) is 35.4 Å². The number of unbranched alkanes of at least 4 members (excludes halogenated alkanes) is 18. The van der Waals surface area contributed by atoms with Crippen molar-refractivity contribution in [3.8, 4) is 0 Å². The molecule has 0 N–H and O–H groups in total. The van der Waals surface area contributed by atoms with Crippen LogP contribution in [0.1, 0.15) is 163 Å². The summed E-state index contributed by atoms with van der Waals surface area (Å²) in [5, 5.41) is 0. The van der Waals surface area contributed by atoms with Gasteiger partial charge in [-0.2, -0.15) is 0 Å². The van der Waals surface area contributed by atoms with Gasteiger partial charge in [-0.1, -0.05) is 129 Å². The van der Waals surface area contributed by atoms with Crippen molar-refractivity contribution in [2.24, 2.45) is 0 Å². The first kappa shape index (κ1) is 32.2. The molecule has 1 rings (SSSR count). The molecule has 0 unspecified atom stereocenters. The van der Waals surface area contributed by atoms with E-state index >= 15 is 0 Å². The minimum atomic E-state index is -0.323. The predicted molar refractivity (Wildman–Crippen MR) is 151 cm³/mol. The van der Waals surface area contributed by atoms with Crippen LogP contribution in [-0.2, 0) is 9.47 Å². The van der Waals surface area contributed by atoms with Crippen molar-refractivity contribution in [3.63, 3.8) is 0 Å². The Bertz CT molecular complexity index is 596. The Labute approximate surface area is 221 Å². The molecule has 0 aliphatic rings. The number of rotatable bonds is 24. The lowest BCUT2D eigenvalue weighted by molar-refractivity contribution is 0.0483. The van der Waals surface area contributed by atoms with Crippen LogP contribution < -0.4 is 0 Å². The molecule has 4 nitrogen and oxygen atoms in total. The number of carbonyl (C=O) groups is 2. The summed E-state index contributed by atoms with van der Waals surface area (Å²) in [6, 6.07) is 6.60. The number of benzene rings is 1. The van der Waals surface area contributed by atoms with E-state index in [0.717, 1.165) is 25.7 Å². The second-order valence-electron chi connectivity index (χ2n) is 10.2. The minimum absolute atomic E-state index is 0.323. The summed E-state index contributed by atoms with van der Waals surface area (Å²) < 4.78 is 10.8. The van der Waals surface area contributed by atoms with Crippen molar-refractivity contribution >= 4 is 11.9 Å². The maximum Gasteiger partial charge on any atom is 0.338 e. The van der Waals surface area contributed by atoms with Gasteiger partial charge in [0.1, 0.15) is 0 Å². The molecule has 4 heteroatoms. The number of esters is 2. The topological polar surface area (TPSA) is 52.6 Å². The van der Waals surface area contributed by atoms with Crippen LogP contribution in [0.2, 0.25) is 0 Å². The maximum atomic E-state index is 12.2. The molecule has 0 fully saturated rings. The monoisotopic (exact) mass is 502 g/mol. The van der Waals surface area contributed by atoms with Crippen molar-refractivity contribution in [1.82, 2.24) is 0 Å². The van der Waals surface area contributed by atoms with Gasteiger partial charge in [-0.05, 0) is 37.1 Å². The van der Waals surface area contributed by atoms with Gasteiger partial charge in [0.05, 0.1) is 24.3 Å².